The molecular formula is C21H28O4. The highest BCUT2D eigenvalue weighted by Crippen LogP contribution is 2.63. The Balaban J connectivity index is 1.69. The van der Waals surface area contributed by atoms with Crippen molar-refractivity contribution in [1.82, 2.24) is 0 Å². The highest BCUT2D eigenvalue weighted by molar-refractivity contribution is 5.93. The monoisotopic (exact) mass is 344 g/mol. The Bertz CT molecular complexity index is 688. The quantitative estimate of drug-likeness (QED) is 0.854. The van der Waals surface area contributed by atoms with Gasteiger partial charge < -0.3 is 9.84 Å². The van der Waals surface area contributed by atoms with Gasteiger partial charge in [0, 0.05) is 18.9 Å². The Morgan fingerprint density at radius 1 is 1.24 bits per heavy atom. The first-order valence-corrected chi connectivity index (χ1v) is 9.61. The van der Waals surface area contributed by atoms with Gasteiger partial charge in [0.2, 0.25) is 0 Å². The number of ether oxygens (including phenoxy) is 1. The van der Waals surface area contributed by atoms with E-state index in [-0.39, 0.29) is 23.6 Å². The maximum absolute atomic E-state index is 12.6. The molecule has 0 heterocycles. The van der Waals surface area contributed by atoms with E-state index in [1.807, 2.05) is 6.08 Å². The zero-order valence-corrected chi connectivity index (χ0v) is 15.3. The van der Waals surface area contributed by atoms with Gasteiger partial charge in [-0.1, -0.05) is 12.5 Å². The number of hydrogen-bond donors (Lipinski definition) is 1. The van der Waals surface area contributed by atoms with E-state index in [1.54, 1.807) is 0 Å². The van der Waals surface area contributed by atoms with Crippen LogP contribution in [0.3, 0.4) is 0 Å². The number of allylic oxidation sites excluding steroid dienone is 4. The Morgan fingerprint density at radius 3 is 2.80 bits per heavy atom. The maximum atomic E-state index is 12.6. The van der Waals surface area contributed by atoms with Gasteiger partial charge in [0.1, 0.15) is 12.2 Å². The van der Waals surface area contributed by atoms with Crippen LogP contribution >= 0.6 is 0 Å². The Hall–Kier alpha value is -1.26. The first-order valence-electron chi connectivity index (χ1n) is 9.61. The lowest BCUT2D eigenvalue weighted by Crippen LogP contribution is -2.55. The second-order valence-corrected chi connectivity index (χ2v) is 8.56. The van der Waals surface area contributed by atoms with Gasteiger partial charge in [0.05, 0.1) is 0 Å². The summed E-state index contributed by atoms with van der Waals surface area (Å²) < 4.78 is 5.04. The molecule has 2 fully saturated rings. The van der Waals surface area contributed by atoms with Crippen LogP contribution in [0.5, 0.6) is 0 Å². The summed E-state index contributed by atoms with van der Waals surface area (Å²) in [6.07, 6.45) is 8.64. The molecule has 0 spiro atoms. The van der Waals surface area contributed by atoms with E-state index in [0.717, 1.165) is 38.5 Å². The Morgan fingerprint density at radius 2 is 2.04 bits per heavy atom. The molecule has 4 nitrogen and oxygen atoms in total. The number of carbonyl (C=O) groups excluding carboxylic acids is 2. The van der Waals surface area contributed by atoms with Crippen LogP contribution in [-0.2, 0) is 14.3 Å². The van der Waals surface area contributed by atoms with Gasteiger partial charge in [-0.05, 0) is 74.0 Å². The van der Waals surface area contributed by atoms with Crippen molar-refractivity contribution in [1.29, 1.82) is 0 Å². The SMILES string of the molecule is COCC(=O)[C@@]1(O)CCC2C3CCC4=CC(=O)CCC4=C3CC[C@@]21C. The van der Waals surface area contributed by atoms with E-state index in [9.17, 15) is 14.7 Å². The van der Waals surface area contributed by atoms with Gasteiger partial charge in [-0.3, -0.25) is 9.59 Å². The van der Waals surface area contributed by atoms with Crippen LogP contribution in [0.15, 0.2) is 22.8 Å². The Kier molecular flexibility index (Phi) is 4.04. The van der Waals surface area contributed by atoms with E-state index >= 15 is 0 Å². The van der Waals surface area contributed by atoms with Crippen LogP contribution in [0.2, 0.25) is 0 Å². The minimum absolute atomic E-state index is 0.00752. The first-order chi connectivity index (χ1) is 11.9. The second kappa shape index (κ2) is 5.88. The molecule has 0 radical (unpaired) electrons. The summed E-state index contributed by atoms with van der Waals surface area (Å²) in [6.45, 7) is 2.11. The van der Waals surface area contributed by atoms with Crippen molar-refractivity contribution in [2.45, 2.75) is 63.9 Å². The Labute approximate surface area is 149 Å². The number of Topliss-reactive ketones (excluding diaryl/α,β-unsaturated/α-hetero) is 1. The molecule has 0 amide bonds. The predicted octanol–water partition coefficient (Wildman–Crippen LogP) is 3.14. The molecule has 2 saturated carbocycles. The van der Waals surface area contributed by atoms with Crippen molar-refractivity contribution < 1.29 is 19.4 Å². The topological polar surface area (TPSA) is 63.6 Å². The summed E-state index contributed by atoms with van der Waals surface area (Å²) in [6, 6.07) is 0. The van der Waals surface area contributed by atoms with E-state index in [0.29, 0.717) is 24.7 Å². The van der Waals surface area contributed by atoms with Crippen LogP contribution in [-0.4, -0.2) is 36.0 Å². The number of carbonyl (C=O) groups is 2. The smallest absolute Gasteiger partial charge is 0.190 e. The fourth-order valence-corrected chi connectivity index (χ4v) is 6.26. The molecule has 0 aromatic heterocycles. The van der Waals surface area contributed by atoms with Crippen molar-refractivity contribution in [3.05, 3.63) is 22.8 Å². The third-order valence-corrected chi connectivity index (χ3v) is 7.62. The lowest BCUT2D eigenvalue weighted by molar-refractivity contribution is -0.158. The molecule has 0 aliphatic heterocycles. The van der Waals surface area contributed by atoms with Crippen LogP contribution < -0.4 is 0 Å². The summed E-state index contributed by atoms with van der Waals surface area (Å²) >= 11 is 0. The van der Waals surface area contributed by atoms with E-state index < -0.39 is 5.60 Å². The molecular weight excluding hydrogens is 316 g/mol. The van der Waals surface area contributed by atoms with Crippen molar-refractivity contribution in [2.24, 2.45) is 17.3 Å². The normalized spacial score (nSPS) is 40.3. The fourth-order valence-electron chi connectivity index (χ4n) is 6.26. The van der Waals surface area contributed by atoms with Gasteiger partial charge in [-0.2, -0.15) is 0 Å². The number of aliphatic hydroxyl groups is 1. The average Bonchev–Trinajstić information content (AvgIpc) is 2.87. The highest BCUT2D eigenvalue weighted by atomic mass is 16.5. The first kappa shape index (κ1) is 17.2. The van der Waals surface area contributed by atoms with Gasteiger partial charge >= 0.3 is 0 Å². The van der Waals surface area contributed by atoms with Crippen LogP contribution in [0.1, 0.15) is 58.3 Å². The lowest BCUT2D eigenvalue weighted by atomic mass is 9.54. The fraction of sp³-hybridized carbons (Fsp3) is 0.714. The summed E-state index contributed by atoms with van der Waals surface area (Å²) in [4.78, 5) is 24.4. The molecule has 4 heteroatoms. The lowest BCUT2D eigenvalue weighted by Gasteiger charge is -2.51. The molecule has 4 rings (SSSR count). The number of hydrogen-bond acceptors (Lipinski definition) is 4. The van der Waals surface area contributed by atoms with Gasteiger partial charge in [0.15, 0.2) is 11.6 Å². The molecule has 1 N–H and O–H groups in total. The molecule has 2 unspecified atom stereocenters. The molecule has 0 bridgehead atoms. The van der Waals surface area contributed by atoms with E-state index in [4.69, 9.17) is 4.74 Å². The zero-order chi connectivity index (χ0) is 17.8. The standard InChI is InChI=1S/C21H28O4/c1-20-9-7-16-15-6-4-14(22)11-13(15)3-5-17(16)18(20)8-10-21(20,24)19(23)12-25-2/h11,17-18,24H,3-10,12H2,1-2H3/t17?,18?,20-,21-/m0/s1. The summed E-state index contributed by atoms with van der Waals surface area (Å²) in [5.74, 6) is 0.923. The largest absolute Gasteiger partial charge is 0.381 e. The van der Waals surface area contributed by atoms with Crippen molar-refractivity contribution in [3.8, 4) is 0 Å². The minimum atomic E-state index is -1.25. The molecule has 4 aliphatic rings. The maximum Gasteiger partial charge on any atom is 0.190 e. The van der Waals surface area contributed by atoms with Crippen LogP contribution in [0.25, 0.3) is 0 Å². The molecule has 4 aliphatic carbocycles. The predicted molar refractivity (Wildman–Crippen MR) is 94.0 cm³/mol. The highest BCUT2D eigenvalue weighted by Gasteiger charge is 2.63. The summed E-state index contributed by atoms with van der Waals surface area (Å²) in [5, 5.41) is 11.3. The van der Waals surface area contributed by atoms with E-state index in [2.05, 4.69) is 6.92 Å². The summed E-state index contributed by atoms with van der Waals surface area (Å²) in [5.41, 5.74) is 2.60. The molecule has 136 valence electrons. The molecule has 25 heavy (non-hydrogen) atoms. The summed E-state index contributed by atoms with van der Waals surface area (Å²) in [7, 11) is 1.51. The zero-order valence-electron chi connectivity index (χ0n) is 15.3. The van der Waals surface area contributed by atoms with Gasteiger partial charge in [0.25, 0.3) is 0 Å². The van der Waals surface area contributed by atoms with Gasteiger partial charge in [-0.25, -0.2) is 0 Å². The van der Waals surface area contributed by atoms with Crippen molar-refractivity contribution >= 4 is 11.6 Å². The average molecular weight is 344 g/mol. The number of methoxy groups -OCH3 is 1. The number of ketones is 2. The van der Waals surface area contributed by atoms with Crippen LogP contribution in [0.4, 0.5) is 0 Å². The van der Waals surface area contributed by atoms with Crippen molar-refractivity contribution in [3.63, 3.8) is 0 Å². The van der Waals surface area contributed by atoms with Crippen molar-refractivity contribution in [2.75, 3.05) is 13.7 Å². The molecule has 4 atom stereocenters. The number of fused-ring (bicyclic) bond motifs is 4. The molecule has 0 saturated heterocycles. The van der Waals surface area contributed by atoms with Gasteiger partial charge in [-0.15, -0.1) is 0 Å². The van der Waals surface area contributed by atoms with Crippen LogP contribution in [0, 0.1) is 17.3 Å². The molecule has 0 aromatic rings. The second-order valence-electron chi connectivity index (χ2n) is 8.56. The minimum Gasteiger partial charge on any atom is -0.381 e. The van der Waals surface area contributed by atoms with E-state index in [1.165, 1.54) is 23.8 Å². The molecule has 0 aromatic carbocycles. The number of rotatable bonds is 3. The third kappa shape index (κ3) is 2.33. The third-order valence-electron chi connectivity index (χ3n) is 7.62.